The lowest BCUT2D eigenvalue weighted by atomic mass is 10.1. The first-order chi connectivity index (χ1) is 11.9. The summed E-state index contributed by atoms with van der Waals surface area (Å²) >= 11 is 0. The highest BCUT2D eigenvalue weighted by molar-refractivity contribution is 7.89. The molecule has 0 aliphatic rings. The summed E-state index contributed by atoms with van der Waals surface area (Å²) < 4.78 is 41.0. The fourth-order valence-corrected chi connectivity index (χ4v) is 3.53. The van der Waals surface area contributed by atoms with Gasteiger partial charge < -0.3 is 10.4 Å². The monoisotopic (exact) mass is 366 g/mol. The van der Waals surface area contributed by atoms with Gasteiger partial charge in [-0.05, 0) is 24.1 Å². The van der Waals surface area contributed by atoms with E-state index in [2.05, 4.69) is 10.0 Å². The van der Waals surface area contributed by atoms with Crippen molar-refractivity contribution in [3.8, 4) is 0 Å². The van der Waals surface area contributed by atoms with Crippen molar-refractivity contribution >= 4 is 15.9 Å². The van der Waals surface area contributed by atoms with E-state index in [1.807, 2.05) is 0 Å². The normalized spacial score (nSPS) is 12.6. The van der Waals surface area contributed by atoms with Crippen LogP contribution in [0, 0.1) is 5.82 Å². The van der Waals surface area contributed by atoms with Crippen molar-refractivity contribution in [1.82, 2.24) is 10.0 Å². The van der Waals surface area contributed by atoms with Crippen molar-refractivity contribution < 1.29 is 22.7 Å². The van der Waals surface area contributed by atoms with Gasteiger partial charge in [0.1, 0.15) is 16.8 Å². The number of carbonyl (C=O) groups excluding carboxylic acids is 1. The molecule has 6 nitrogen and oxygen atoms in total. The van der Waals surface area contributed by atoms with Gasteiger partial charge in [0.25, 0.3) is 0 Å². The van der Waals surface area contributed by atoms with E-state index in [0.717, 1.165) is 17.7 Å². The third kappa shape index (κ3) is 5.35. The molecule has 0 heterocycles. The molecule has 1 unspecified atom stereocenters. The lowest BCUT2D eigenvalue weighted by molar-refractivity contribution is -0.122. The SMILES string of the molecule is O=C(NCCO)C(Cc1ccccc1)NS(=O)(=O)c1ccccc1F. The van der Waals surface area contributed by atoms with Crippen molar-refractivity contribution in [2.45, 2.75) is 17.4 Å². The van der Waals surface area contributed by atoms with Gasteiger partial charge in [-0.15, -0.1) is 0 Å². The number of aliphatic hydroxyl groups excluding tert-OH is 1. The Kier molecular flexibility index (Phi) is 6.63. The zero-order chi connectivity index (χ0) is 18.3. The average Bonchev–Trinajstić information content (AvgIpc) is 2.60. The lowest BCUT2D eigenvalue weighted by Gasteiger charge is -2.18. The van der Waals surface area contributed by atoms with Crippen LogP contribution in [-0.2, 0) is 21.2 Å². The van der Waals surface area contributed by atoms with Crippen molar-refractivity contribution in [2.24, 2.45) is 0 Å². The molecule has 134 valence electrons. The Morgan fingerprint density at radius 3 is 2.36 bits per heavy atom. The van der Waals surface area contributed by atoms with Gasteiger partial charge >= 0.3 is 0 Å². The predicted octanol–water partition coefficient (Wildman–Crippen LogP) is 0.824. The molecule has 2 aromatic carbocycles. The summed E-state index contributed by atoms with van der Waals surface area (Å²) in [5, 5.41) is 11.3. The third-order valence-corrected chi connectivity index (χ3v) is 4.94. The number of aliphatic hydroxyl groups is 1. The molecular weight excluding hydrogens is 347 g/mol. The lowest BCUT2D eigenvalue weighted by Crippen LogP contribution is -2.48. The van der Waals surface area contributed by atoms with Gasteiger partial charge in [-0.2, -0.15) is 4.72 Å². The standard InChI is InChI=1S/C17H19FN2O4S/c18-14-8-4-5-9-16(14)25(23,24)20-15(17(22)19-10-11-21)12-13-6-2-1-3-7-13/h1-9,15,20-21H,10-12H2,(H,19,22). The van der Waals surface area contributed by atoms with Crippen LogP contribution in [0.5, 0.6) is 0 Å². The Morgan fingerprint density at radius 2 is 1.72 bits per heavy atom. The molecule has 2 rings (SSSR count). The molecular formula is C17H19FN2O4S. The first kappa shape index (κ1) is 19.0. The van der Waals surface area contributed by atoms with Crippen LogP contribution < -0.4 is 10.0 Å². The van der Waals surface area contributed by atoms with E-state index in [9.17, 15) is 17.6 Å². The van der Waals surface area contributed by atoms with Gasteiger partial charge in [-0.25, -0.2) is 12.8 Å². The number of carbonyl (C=O) groups is 1. The van der Waals surface area contributed by atoms with Crippen LogP contribution in [0.15, 0.2) is 59.5 Å². The minimum absolute atomic E-state index is 0.00838. The maximum atomic E-state index is 13.8. The molecule has 3 N–H and O–H groups in total. The highest BCUT2D eigenvalue weighted by Gasteiger charge is 2.27. The highest BCUT2D eigenvalue weighted by atomic mass is 32.2. The topological polar surface area (TPSA) is 95.5 Å². The van der Waals surface area contributed by atoms with Crippen molar-refractivity contribution in [3.05, 3.63) is 66.0 Å². The second-order valence-corrected chi connectivity index (χ2v) is 6.99. The minimum Gasteiger partial charge on any atom is -0.395 e. The fraction of sp³-hybridized carbons (Fsp3) is 0.235. The van der Waals surface area contributed by atoms with Gasteiger partial charge in [-0.3, -0.25) is 4.79 Å². The van der Waals surface area contributed by atoms with Crippen LogP contribution in [0.4, 0.5) is 4.39 Å². The number of nitrogens with one attached hydrogen (secondary N) is 2. The molecule has 25 heavy (non-hydrogen) atoms. The molecule has 0 saturated heterocycles. The number of halogens is 1. The Morgan fingerprint density at radius 1 is 1.08 bits per heavy atom. The molecule has 0 saturated carbocycles. The molecule has 1 amide bonds. The van der Waals surface area contributed by atoms with Crippen LogP contribution in [0.1, 0.15) is 5.56 Å². The van der Waals surface area contributed by atoms with E-state index < -0.39 is 32.7 Å². The second-order valence-electron chi connectivity index (χ2n) is 5.31. The van der Waals surface area contributed by atoms with Crippen molar-refractivity contribution in [2.75, 3.05) is 13.2 Å². The predicted molar refractivity (Wildman–Crippen MR) is 90.8 cm³/mol. The second kappa shape index (κ2) is 8.70. The number of benzene rings is 2. The summed E-state index contributed by atoms with van der Waals surface area (Å²) in [6.07, 6.45) is 0.0891. The summed E-state index contributed by atoms with van der Waals surface area (Å²) in [5.74, 6) is -1.50. The quantitative estimate of drug-likeness (QED) is 0.645. The van der Waals surface area contributed by atoms with E-state index >= 15 is 0 Å². The number of amides is 1. The van der Waals surface area contributed by atoms with Crippen LogP contribution in [0.3, 0.4) is 0 Å². The van der Waals surface area contributed by atoms with E-state index in [0.29, 0.717) is 0 Å². The maximum absolute atomic E-state index is 13.8. The van der Waals surface area contributed by atoms with E-state index in [1.54, 1.807) is 30.3 Å². The smallest absolute Gasteiger partial charge is 0.244 e. The summed E-state index contributed by atoms with van der Waals surface area (Å²) in [7, 11) is -4.23. The third-order valence-electron chi connectivity index (χ3n) is 3.43. The first-order valence-electron chi connectivity index (χ1n) is 7.63. The Labute approximate surface area is 145 Å². The van der Waals surface area contributed by atoms with Crippen LogP contribution in [0.25, 0.3) is 0 Å². The Hall–Kier alpha value is -2.29. The summed E-state index contributed by atoms with van der Waals surface area (Å²) in [5.41, 5.74) is 0.739. The van der Waals surface area contributed by atoms with E-state index in [-0.39, 0.29) is 19.6 Å². The van der Waals surface area contributed by atoms with Crippen molar-refractivity contribution in [3.63, 3.8) is 0 Å². The fourth-order valence-electron chi connectivity index (χ4n) is 2.25. The Bertz CT molecular complexity index is 812. The molecule has 2 aromatic rings. The van der Waals surface area contributed by atoms with E-state index in [1.165, 1.54) is 12.1 Å². The number of rotatable bonds is 8. The maximum Gasteiger partial charge on any atom is 0.244 e. The zero-order valence-electron chi connectivity index (χ0n) is 13.4. The molecule has 0 spiro atoms. The number of hydrogen-bond acceptors (Lipinski definition) is 4. The van der Waals surface area contributed by atoms with Crippen molar-refractivity contribution in [1.29, 1.82) is 0 Å². The summed E-state index contributed by atoms with van der Waals surface area (Å²) in [4.78, 5) is 11.7. The molecule has 1 atom stereocenters. The van der Waals surface area contributed by atoms with Gasteiger partial charge in [0.2, 0.25) is 15.9 Å². The number of sulfonamides is 1. The van der Waals surface area contributed by atoms with Gasteiger partial charge in [-0.1, -0.05) is 42.5 Å². The van der Waals surface area contributed by atoms with Crippen LogP contribution in [0.2, 0.25) is 0 Å². The molecule has 0 aliphatic carbocycles. The highest BCUT2D eigenvalue weighted by Crippen LogP contribution is 2.15. The van der Waals surface area contributed by atoms with E-state index in [4.69, 9.17) is 5.11 Å². The summed E-state index contributed by atoms with van der Waals surface area (Å²) in [6, 6.07) is 12.6. The number of hydrogen-bond donors (Lipinski definition) is 3. The Balaban J connectivity index is 2.25. The molecule has 0 aliphatic heterocycles. The molecule has 0 fully saturated rings. The average molecular weight is 366 g/mol. The first-order valence-corrected chi connectivity index (χ1v) is 9.11. The zero-order valence-corrected chi connectivity index (χ0v) is 14.2. The summed E-state index contributed by atoms with van der Waals surface area (Å²) in [6.45, 7) is -0.282. The minimum atomic E-state index is -4.23. The van der Waals surface area contributed by atoms with Gasteiger partial charge in [0, 0.05) is 6.54 Å². The van der Waals surface area contributed by atoms with Gasteiger partial charge in [0.15, 0.2) is 0 Å². The molecule has 0 radical (unpaired) electrons. The largest absolute Gasteiger partial charge is 0.395 e. The van der Waals surface area contributed by atoms with Gasteiger partial charge in [0.05, 0.1) is 6.61 Å². The molecule has 8 heteroatoms. The van der Waals surface area contributed by atoms with Crippen LogP contribution in [-0.4, -0.2) is 38.6 Å². The molecule has 0 aromatic heterocycles. The van der Waals surface area contributed by atoms with Crippen LogP contribution >= 0.6 is 0 Å². The molecule has 0 bridgehead atoms.